The van der Waals surface area contributed by atoms with Gasteiger partial charge in [0.15, 0.2) is 5.84 Å². The van der Waals surface area contributed by atoms with E-state index in [0.29, 0.717) is 6.92 Å². The third-order valence-electron chi connectivity index (χ3n) is 0.680. The quantitative estimate of drug-likeness (QED) is 0.446. The van der Waals surface area contributed by atoms with Gasteiger partial charge in [-0.1, -0.05) is 6.58 Å². The highest BCUT2D eigenvalue weighted by Crippen LogP contribution is 2.10. The number of nitrogens with zero attached hydrogens (tertiary/aromatic N) is 1. The number of halogens is 2. The largest absolute Gasteiger partial charge is 0.382 e. The normalized spacial score (nSPS) is 13.4. The number of hydrogen-bond acceptors (Lipinski definition) is 1. The molecule has 0 rings (SSSR count). The molecule has 9 heavy (non-hydrogen) atoms. The topological polar surface area (TPSA) is 38.4 Å². The van der Waals surface area contributed by atoms with Crippen LogP contribution in [0.3, 0.4) is 0 Å². The highest BCUT2D eigenvalue weighted by molar-refractivity contribution is 5.87. The molecule has 2 N–H and O–H groups in total. The molecule has 0 aliphatic rings. The van der Waals surface area contributed by atoms with E-state index in [1.54, 1.807) is 0 Å². The standard InChI is InChI=1S/C5H8F2N2/c1-3-9-4(8)5(2,6)7/h3H,1H2,2H3,(H2,8,9). The van der Waals surface area contributed by atoms with Crippen LogP contribution < -0.4 is 5.73 Å². The number of nitrogens with two attached hydrogens (primary N) is 1. The van der Waals surface area contributed by atoms with Gasteiger partial charge in [-0.25, -0.2) is 4.99 Å². The van der Waals surface area contributed by atoms with E-state index in [1.165, 1.54) is 0 Å². The fourth-order valence-corrected chi connectivity index (χ4v) is 0.212. The van der Waals surface area contributed by atoms with E-state index >= 15 is 0 Å². The Bertz CT molecular complexity index is 134. The van der Waals surface area contributed by atoms with E-state index in [0.717, 1.165) is 6.20 Å². The summed E-state index contributed by atoms with van der Waals surface area (Å²) in [6, 6.07) is 0. The summed E-state index contributed by atoms with van der Waals surface area (Å²) < 4.78 is 24.0. The summed E-state index contributed by atoms with van der Waals surface area (Å²) in [7, 11) is 0. The van der Waals surface area contributed by atoms with Gasteiger partial charge in [0.1, 0.15) is 0 Å². The van der Waals surface area contributed by atoms with Crippen LogP contribution in [-0.2, 0) is 0 Å². The Kier molecular flexibility index (Phi) is 2.30. The lowest BCUT2D eigenvalue weighted by atomic mass is 10.4. The molecule has 0 saturated carbocycles. The first-order valence-electron chi connectivity index (χ1n) is 2.31. The zero-order valence-corrected chi connectivity index (χ0v) is 5.06. The number of hydrogen-bond donors (Lipinski definition) is 1. The lowest BCUT2D eigenvalue weighted by Crippen LogP contribution is -2.32. The average Bonchev–Trinajstić information content (AvgIpc) is 1.64. The Morgan fingerprint density at radius 2 is 2.22 bits per heavy atom. The minimum absolute atomic E-state index is 0.676. The smallest absolute Gasteiger partial charge is 0.301 e. The minimum Gasteiger partial charge on any atom is -0.382 e. The van der Waals surface area contributed by atoms with Crippen molar-refractivity contribution in [1.82, 2.24) is 0 Å². The lowest BCUT2D eigenvalue weighted by molar-refractivity contribution is 0.0990. The van der Waals surface area contributed by atoms with Crippen molar-refractivity contribution in [3.63, 3.8) is 0 Å². The van der Waals surface area contributed by atoms with Crippen LogP contribution in [0.5, 0.6) is 0 Å². The fraction of sp³-hybridized carbons (Fsp3) is 0.400. The molecule has 0 aliphatic carbocycles. The zero-order chi connectivity index (χ0) is 7.49. The maximum atomic E-state index is 12.0. The number of rotatable bonds is 2. The van der Waals surface area contributed by atoms with Crippen LogP contribution in [0, 0.1) is 0 Å². The van der Waals surface area contributed by atoms with Gasteiger partial charge >= 0.3 is 5.92 Å². The molecule has 52 valence electrons. The van der Waals surface area contributed by atoms with Crippen LogP contribution >= 0.6 is 0 Å². The molecule has 0 radical (unpaired) electrons. The predicted molar refractivity (Wildman–Crippen MR) is 32.4 cm³/mol. The third kappa shape index (κ3) is 2.79. The Labute approximate surface area is 52.1 Å². The van der Waals surface area contributed by atoms with E-state index in [4.69, 9.17) is 5.73 Å². The first-order chi connectivity index (χ1) is 3.98. The van der Waals surface area contributed by atoms with Crippen molar-refractivity contribution < 1.29 is 8.78 Å². The number of alkyl halides is 2. The molecule has 0 unspecified atom stereocenters. The molecule has 0 fully saturated rings. The predicted octanol–water partition coefficient (Wildman–Crippen LogP) is 1.14. The van der Waals surface area contributed by atoms with Gasteiger partial charge in [0.25, 0.3) is 0 Å². The van der Waals surface area contributed by atoms with Crippen molar-refractivity contribution in [2.75, 3.05) is 0 Å². The molecule has 0 amide bonds. The van der Waals surface area contributed by atoms with Gasteiger partial charge in [-0.15, -0.1) is 0 Å². The summed E-state index contributed by atoms with van der Waals surface area (Å²) >= 11 is 0. The zero-order valence-electron chi connectivity index (χ0n) is 5.06. The van der Waals surface area contributed by atoms with Gasteiger partial charge in [0.05, 0.1) is 0 Å². The van der Waals surface area contributed by atoms with Crippen LogP contribution in [0.4, 0.5) is 8.78 Å². The molecular weight excluding hydrogens is 126 g/mol. The first kappa shape index (κ1) is 8.07. The minimum atomic E-state index is -3.03. The second-order valence-corrected chi connectivity index (χ2v) is 1.59. The molecule has 0 aliphatic heterocycles. The Morgan fingerprint density at radius 3 is 2.33 bits per heavy atom. The summed E-state index contributed by atoms with van der Waals surface area (Å²) in [6.45, 7) is 3.79. The molecule has 0 bridgehead atoms. The van der Waals surface area contributed by atoms with Crippen LogP contribution in [-0.4, -0.2) is 11.8 Å². The molecule has 0 spiro atoms. The molecule has 2 nitrogen and oxygen atoms in total. The van der Waals surface area contributed by atoms with Crippen LogP contribution in [0.15, 0.2) is 17.8 Å². The van der Waals surface area contributed by atoms with Crippen molar-refractivity contribution in [3.05, 3.63) is 12.8 Å². The van der Waals surface area contributed by atoms with Gasteiger partial charge in [0, 0.05) is 13.1 Å². The summed E-state index contributed by atoms with van der Waals surface area (Å²) in [5.41, 5.74) is 4.79. The van der Waals surface area contributed by atoms with Gasteiger partial charge in [-0.05, 0) is 0 Å². The Hall–Kier alpha value is -0.930. The van der Waals surface area contributed by atoms with Gasteiger partial charge in [-0.3, -0.25) is 0 Å². The van der Waals surface area contributed by atoms with Crippen molar-refractivity contribution in [3.8, 4) is 0 Å². The summed E-state index contributed by atoms with van der Waals surface area (Å²) in [5.74, 6) is -3.74. The van der Waals surface area contributed by atoms with Crippen LogP contribution in [0.25, 0.3) is 0 Å². The number of aliphatic imine (C=N–C) groups is 1. The van der Waals surface area contributed by atoms with Crippen LogP contribution in [0.1, 0.15) is 6.92 Å². The van der Waals surface area contributed by atoms with Crippen molar-refractivity contribution in [1.29, 1.82) is 0 Å². The van der Waals surface area contributed by atoms with Gasteiger partial charge in [0.2, 0.25) is 0 Å². The van der Waals surface area contributed by atoms with E-state index in [1.807, 2.05) is 0 Å². The lowest BCUT2D eigenvalue weighted by Gasteiger charge is -2.06. The molecule has 0 saturated heterocycles. The van der Waals surface area contributed by atoms with Crippen molar-refractivity contribution in [2.45, 2.75) is 12.8 Å². The van der Waals surface area contributed by atoms with E-state index in [-0.39, 0.29) is 0 Å². The van der Waals surface area contributed by atoms with E-state index in [2.05, 4.69) is 11.6 Å². The van der Waals surface area contributed by atoms with Gasteiger partial charge < -0.3 is 5.73 Å². The number of amidine groups is 1. The maximum Gasteiger partial charge on any atom is 0.301 e. The third-order valence-corrected chi connectivity index (χ3v) is 0.680. The average molecular weight is 134 g/mol. The van der Waals surface area contributed by atoms with E-state index < -0.39 is 11.8 Å². The van der Waals surface area contributed by atoms with Crippen molar-refractivity contribution >= 4 is 5.84 Å². The second kappa shape index (κ2) is 2.57. The molecule has 4 heteroatoms. The Morgan fingerprint density at radius 1 is 1.78 bits per heavy atom. The molecule has 0 atom stereocenters. The monoisotopic (exact) mass is 134 g/mol. The SMILES string of the molecule is C=CN=C(N)C(C)(F)F. The first-order valence-corrected chi connectivity index (χ1v) is 2.31. The summed E-state index contributed by atoms with van der Waals surface area (Å²) in [5, 5.41) is 0. The van der Waals surface area contributed by atoms with Crippen molar-refractivity contribution in [2.24, 2.45) is 10.7 Å². The molecule has 0 aromatic carbocycles. The molecule has 0 aromatic rings. The van der Waals surface area contributed by atoms with Crippen LogP contribution in [0.2, 0.25) is 0 Å². The molecule has 0 aromatic heterocycles. The second-order valence-electron chi connectivity index (χ2n) is 1.59. The summed E-state index contributed by atoms with van der Waals surface area (Å²) in [6.07, 6.45) is 0.979. The molecule has 0 heterocycles. The van der Waals surface area contributed by atoms with Gasteiger partial charge in [-0.2, -0.15) is 8.78 Å². The summed E-state index contributed by atoms with van der Waals surface area (Å²) in [4.78, 5) is 3.10. The van der Waals surface area contributed by atoms with E-state index in [9.17, 15) is 8.78 Å². The highest BCUT2D eigenvalue weighted by atomic mass is 19.3. The Balaban J connectivity index is 4.19. The maximum absolute atomic E-state index is 12.0. The fourth-order valence-electron chi connectivity index (χ4n) is 0.212. The molecular formula is C5H8F2N2. The highest BCUT2D eigenvalue weighted by Gasteiger charge is 2.25.